The third-order valence-corrected chi connectivity index (χ3v) is 5.98. The van der Waals surface area contributed by atoms with E-state index >= 15 is 0 Å². The Balaban J connectivity index is 1.60. The summed E-state index contributed by atoms with van der Waals surface area (Å²) in [5.74, 6) is 2.27. The fourth-order valence-electron chi connectivity index (χ4n) is 4.38. The molecule has 2 aliphatic rings. The van der Waals surface area contributed by atoms with Crippen LogP contribution in [0.5, 0.6) is 0 Å². The van der Waals surface area contributed by atoms with Gasteiger partial charge < -0.3 is 14.1 Å². The first-order valence-corrected chi connectivity index (χ1v) is 10.2. The molecule has 4 nitrogen and oxygen atoms in total. The molecule has 1 saturated carbocycles. The molecule has 1 aliphatic heterocycles. The average Bonchev–Trinajstić information content (AvgIpc) is 3.18. The molecule has 4 heteroatoms. The van der Waals surface area contributed by atoms with Crippen LogP contribution in [0.1, 0.15) is 70.5 Å². The van der Waals surface area contributed by atoms with Crippen LogP contribution >= 0.6 is 0 Å². The third kappa shape index (κ3) is 5.10. The van der Waals surface area contributed by atoms with Crippen molar-refractivity contribution >= 4 is 5.91 Å². The highest BCUT2D eigenvalue weighted by Crippen LogP contribution is 2.34. The summed E-state index contributed by atoms with van der Waals surface area (Å²) >= 11 is 0. The summed E-state index contributed by atoms with van der Waals surface area (Å²) in [5, 5.41) is 0. The number of furan rings is 1. The van der Waals surface area contributed by atoms with Crippen LogP contribution in [0.3, 0.4) is 0 Å². The number of unbranched alkanes of at least 4 members (excludes halogenated alkanes) is 1. The van der Waals surface area contributed by atoms with Crippen molar-refractivity contribution in [3.8, 4) is 0 Å². The van der Waals surface area contributed by atoms with Gasteiger partial charge in [-0.3, -0.25) is 4.79 Å². The standard InChI is InChI=1S/C21H33NO3/c1-2-3-5-17-7-9-18(10-8-17)21(23)22(16-20-6-4-13-25-20)19-11-14-24-15-12-19/h4,6,13,17-19H,2-3,5,7-12,14-16H2,1H3. The molecule has 2 fully saturated rings. The first-order valence-electron chi connectivity index (χ1n) is 10.2. The molecule has 1 aromatic heterocycles. The van der Waals surface area contributed by atoms with Crippen molar-refractivity contribution in [3.05, 3.63) is 24.2 Å². The fourth-order valence-corrected chi connectivity index (χ4v) is 4.38. The lowest BCUT2D eigenvalue weighted by Gasteiger charge is -2.38. The van der Waals surface area contributed by atoms with Gasteiger partial charge in [0.2, 0.25) is 5.91 Å². The summed E-state index contributed by atoms with van der Waals surface area (Å²) in [6.07, 6.45) is 12.1. The van der Waals surface area contributed by atoms with Gasteiger partial charge in [-0.25, -0.2) is 0 Å². The second-order valence-corrected chi connectivity index (χ2v) is 7.75. The van der Waals surface area contributed by atoms with Gasteiger partial charge >= 0.3 is 0 Å². The highest BCUT2D eigenvalue weighted by molar-refractivity contribution is 5.79. The largest absolute Gasteiger partial charge is 0.467 e. The number of amides is 1. The predicted octanol–water partition coefficient (Wildman–Crippen LogP) is 4.78. The van der Waals surface area contributed by atoms with Gasteiger partial charge in [0.05, 0.1) is 12.8 Å². The Labute approximate surface area is 151 Å². The molecule has 2 heterocycles. The Morgan fingerprint density at radius 2 is 1.92 bits per heavy atom. The summed E-state index contributed by atoms with van der Waals surface area (Å²) in [7, 11) is 0. The Bertz CT molecular complexity index is 499. The van der Waals surface area contributed by atoms with E-state index in [9.17, 15) is 4.79 Å². The molecule has 1 aromatic rings. The van der Waals surface area contributed by atoms with Gasteiger partial charge in [0.15, 0.2) is 0 Å². The van der Waals surface area contributed by atoms with Crippen molar-refractivity contribution in [1.29, 1.82) is 0 Å². The van der Waals surface area contributed by atoms with E-state index in [2.05, 4.69) is 11.8 Å². The van der Waals surface area contributed by atoms with Crippen molar-refractivity contribution in [2.75, 3.05) is 13.2 Å². The average molecular weight is 347 g/mol. The van der Waals surface area contributed by atoms with Crippen LogP contribution in [0.15, 0.2) is 22.8 Å². The SMILES string of the molecule is CCCCC1CCC(C(=O)N(Cc2ccco2)C2CCOCC2)CC1. The lowest BCUT2D eigenvalue weighted by molar-refractivity contribution is -0.142. The van der Waals surface area contributed by atoms with Gasteiger partial charge in [-0.2, -0.15) is 0 Å². The van der Waals surface area contributed by atoms with Crippen molar-refractivity contribution in [1.82, 2.24) is 4.90 Å². The molecular formula is C21H33NO3. The predicted molar refractivity (Wildman–Crippen MR) is 98.1 cm³/mol. The van der Waals surface area contributed by atoms with Gasteiger partial charge in [-0.15, -0.1) is 0 Å². The Kier molecular flexibility index (Phi) is 6.97. The van der Waals surface area contributed by atoms with E-state index in [0.717, 1.165) is 50.6 Å². The molecule has 0 bridgehead atoms. The highest BCUT2D eigenvalue weighted by Gasteiger charge is 2.33. The van der Waals surface area contributed by atoms with Gasteiger partial charge in [0.25, 0.3) is 0 Å². The Hall–Kier alpha value is -1.29. The minimum absolute atomic E-state index is 0.204. The van der Waals surface area contributed by atoms with Gasteiger partial charge in [-0.1, -0.05) is 26.2 Å². The minimum atomic E-state index is 0.204. The van der Waals surface area contributed by atoms with Gasteiger partial charge in [0, 0.05) is 25.2 Å². The Morgan fingerprint density at radius 1 is 1.16 bits per heavy atom. The number of hydrogen-bond acceptors (Lipinski definition) is 3. The number of nitrogens with zero attached hydrogens (tertiary/aromatic N) is 1. The molecular weight excluding hydrogens is 314 g/mol. The second kappa shape index (κ2) is 9.42. The van der Waals surface area contributed by atoms with Crippen LogP contribution < -0.4 is 0 Å². The summed E-state index contributed by atoms with van der Waals surface area (Å²) < 4.78 is 11.0. The first-order chi connectivity index (χ1) is 12.3. The quantitative estimate of drug-likeness (QED) is 0.712. The molecule has 0 unspecified atom stereocenters. The molecule has 0 N–H and O–H groups in total. The highest BCUT2D eigenvalue weighted by atomic mass is 16.5. The maximum Gasteiger partial charge on any atom is 0.226 e. The van der Waals surface area contributed by atoms with E-state index in [4.69, 9.17) is 9.15 Å². The van der Waals surface area contributed by atoms with E-state index in [-0.39, 0.29) is 5.92 Å². The maximum atomic E-state index is 13.3. The van der Waals surface area contributed by atoms with Crippen LogP contribution in [-0.2, 0) is 16.1 Å². The fraction of sp³-hybridized carbons (Fsp3) is 0.762. The van der Waals surface area contributed by atoms with E-state index < -0.39 is 0 Å². The second-order valence-electron chi connectivity index (χ2n) is 7.75. The van der Waals surface area contributed by atoms with Gasteiger partial charge in [0.1, 0.15) is 5.76 Å². The van der Waals surface area contributed by atoms with E-state index in [1.54, 1.807) is 6.26 Å². The molecule has 1 aliphatic carbocycles. The van der Waals surface area contributed by atoms with Crippen molar-refractivity contribution in [2.45, 2.75) is 77.3 Å². The van der Waals surface area contributed by atoms with Crippen molar-refractivity contribution in [3.63, 3.8) is 0 Å². The number of rotatable bonds is 7. The zero-order valence-electron chi connectivity index (χ0n) is 15.6. The molecule has 3 rings (SSSR count). The van der Waals surface area contributed by atoms with Crippen LogP contribution in [0.4, 0.5) is 0 Å². The minimum Gasteiger partial charge on any atom is -0.467 e. The van der Waals surface area contributed by atoms with Crippen molar-refractivity contribution in [2.24, 2.45) is 11.8 Å². The summed E-state index contributed by atoms with van der Waals surface area (Å²) in [4.78, 5) is 15.4. The molecule has 0 radical (unpaired) electrons. The lowest BCUT2D eigenvalue weighted by Crippen LogP contribution is -2.46. The third-order valence-electron chi connectivity index (χ3n) is 5.98. The molecule has 0 aromatic carbocycles. The summed E-state index contributed by atoms with van der Waals surface area (Å²) in [6, 6.07) is 4.17. The van der Waals surface area contributed by atoms with Gasteiger partial charge in [-0.05, 0) is 56.6 Å². The molecule has 140 valence electrons. The zero-order chi connectivity index (χ0) is 17.5. The first kappa shape index (κ1) is 18.5. The molecule has 0 spiro atoms. The van der Waals surface area contributed by atoms with Crippen LogP contribution in [0, 0.1) is 11.8 Å². The molecule has 1 amide bonds. The van der Waals surface area contributed by atoms with E-state index in [1.807, 2.05) is 12.1 Å². The molecule has 25 heavy (non-hydrogen) atoms. The molecule has 0 atom stereocenters. The van der Waals surface area contributed by atoms with Crippen LogP contribution in [0.2, 0.25) is 0 Å². The number of carbonyl (C=O) groups excluding carboxylic acids is 1. The monoisotopic (exact) mass is 347 g/mol. The number of carbonyl (C=O) groups is 1. The number of ether oxygens (including phenoxy) is 1. The summed E-state index contributed by atoms with van der Waals surface area (Å²) in [5.41, 5.74) is 0. The number of hydrogen-bond donors (Lipinski definition) is 0. The topological polar surface area (TPSA) is 42.7 Å². The van der Waals surface area contributed by atoms with Crippen molar-refractivity contribution < 1.29 is 13.9 Å². The van der Waals surface area contributed by atoms with E-state index in [1.165, 1.54) is 32.1 Å². The summed E-state index contributed by atoms with van der Waals surface area (Å²) in [6.45, 7) is 4.38. The van der Waals surface area contributed by atoms with Crippen LogP contribution in [-0.4, -0.2) is 30.1 Å². The lowest BCUT2D eigenvalue weighted by atomic mass is 9.79. The smallest absolute Gasteiger partial charge is 0.226 e. The Morgan fingerprint density at radius 3 is 2.56 bits per heavy atom. The maximum absolute atomic E-state index is 13.3. The normalized spacial score (nSPS) is 25.0. The zero-order valence-corrected chi connectivity index (χ0v) is 15.6. The van der Waals surface area contributed by atoms with Crippen LogP contribution in [0.25, 0.3) is 0 Å². The van der Waals surface area contributed by atoms with E-state index in [0.29, 0.717) is 18.5 Å². The molecule has 1 saturated heterocycles.